The zero-order valence-corrected chi connectivity index (χ0v) is 62.7. The molecule has 0 rings (SSSR count). The van der Waals surface area contributed by atoms with Crippen LogP contribution in [0.5, 0.6) is 0 Å². The lowest BCUT2D eigenvalue weighted by Gasteiger charge is -2.21. The van der Waals surface area contributed by atoms with Crippen LogP contribution in [0.3, 0.4) is 0 Å². The summed E-state index contributed by atoms with van der Waals surface area (Å²) in [5, 5.41) is 10.6. The summed E-state index contributed by atoms with van der Waals surface area (Å²) >= 11 is 0. The second-order valence-corrected chi connectivity index (χ2v) is 27.4. The monoisotopic (exact) mass is 1410 g/mol. The Balaban J connectivity index is 5.43. The van der Waals surface area contributed by atoms with Gasteiger partial charge < -0.3 is 33.8 Å². The number of unbranched alkanes of at least 4 members (excludes halogenated alkanes) is 22. The number of phosphoric acid groups is 2. The van der Waals surface area contributed by atoms with Gasteiger partial charge in [-0.2, -0.15) is 0 Å². The minimum Gasteiger partial charge on any atom is -0.462 e. The highest BCUT2D eigenvalue weighted by Gasteiger charge is 2.30. The molecule has 0 spiro atoms. The molecule has 0 aromatic heterocycles. The maximum atomic E-state index is 13.1. The Bertz CT molecular complexity index is 2380. The highest BCUT2D eigenvalue weighted by molar-refractivity contribution is 7.47. The molecule has 0 amide bonds. The average molecular weight is 1420 g/mol. The predicted octanol–water partition coefficient (Wildman–Crippen LogP) is 21.3. The van der Waals surface area contributed by atoms with E-state index in [0.29, 0.717) is 25.7 Å². The summed E-state index contributed by atoms with van der Waals surface area (Å²) in [4.78, 5) is 72.7. The molecule has 0 saturated carbocycles. The van der Waals surface area contributed by atoms with Crippen LogP contribution >= 0.6 is 15.6 Å². The summed E-state index contributed by atoms with van der Waals surface area (Å²) < 4.78 is 68.2. The van der Waals surface area contributed by atoms with Crippen LogP contribution in [0.2, 0.25) is 0 Å². The van der Waals surface area contributed by atoms with Crippen LogP contribution in [0.1, 0.15) is 285 Å². The average Bonchev–Trinajstić information content (AvgIpc) is 0.992. The van der Waals surface area contributed by atoms with Gasteiger partial charge in [-0.1, -0.05) is 277 Å². The van der Waals surface area contributed by atoms with E-state index in [9.17, 15) is 43.2 Å². The second-order valence-electron chi connectivity index (χ2n) is 24.5. The summed E-state index contributed by atoms with van der Waals surface area (Å²) in [5.74, 6) is -2.37. The van der Waals surface area contributed by atoms with E-state index >= 15 is 0 Å². The van der Waals surface area contributed by atoms with Gasteiger partial charge in [0.05, 0.1) is 32.8 Å². The van der Waals surface area contributed by atoms with Gasteiger partial charge in [0.25, 0.3) is 0 Å². The molecule has 0 aliphatic carbocycles. The lowest BCUT2D eigenvalue weighted by molar-refractivity contribution is -0.161. The molecule has 0 aromatic carbocycles. The van der Waals surface area contributed by atoms with E-state index in [1.165, 1.54) is 70.6 Å². The molecule has 5 unspecified atom stereocenters. The second kappa shape index (κ2) is 70.6. The van der Waals surface area contributed by atoms with E-state index in [-0.39, 0.29) is 25.7 Å². The van der Waals surface area contributed by atoms with Crippen LogP contribution in [0.4, 0.5) is 0 Å². The molecule has 0 heterocycles. The fourth-order valence-electron chi connectivity index (χ4n) is 9.48. The number of aliphatic hydroxyl groups excluding tert-OH is 1. The van der Waals surface area contributed by atoms with Gasteiger partial charge in [-0.3, -0.25) is 37.3 Å². The van der Waals surface area contributed by atoms with Crippen molar-refractivity contribution < 1.29 is 80.2 Å². The third-order valence-corrected chi connectivity index (χ3v) is 17.0. The number of phosphoric ester groups is 2. The Morgan fingerprint density at radius 1 is 0.306 bits per heavy atom. The van der Waals surface area contributed by atoms with Crippen molar-refractivity contribution in [1.29, 1.82) is 0 Å². The Labute approximate surface area is 593 Å². The molecular weight excluding hydrogens is 1280 g/mol. The molecule has 0 radical (unpaired) electrons. The Hall–Kier alpha value is -4.80. The Morgan fingerprint density at radius 2 is 0.582 bits per heavy atom. The quantitative estimate of drug-likeness (QED) is 0.0169. The van der Waals surface area contributed by atoms with E-state index in [1.54, 1.807) is 12.2 Å². The largest absolute Gasteiger partial charge is 0.472 e. The summed E-state index contributed by atoms with van der Waals surface area (Å²) in [6.07, 6.45) is 77.7. The van der Waals surface area contributed by atoms with Crippen LogP contribution in [0, 0.1) is 0 Å². The van der Waals surface area contributed by atoms with Gasteiger partial charge in [0.1, 0.15) is 19.3 Å². The van der Waals surface area contributed by atoms with Crippen molar-refractivity contribution in [2.24, 2.45) is 0 Å². The van der Waals surface area contributed by atoms with E-state index in [2.05, 4.69) is 137 Å². The zero-order valence-electron chi connectivity index (χ0n) is 60.9. The van der Waals surface area contributed by atoms with Gasteiger partial charge in [-0.15, -0.1) is 0 Å². The van der Waals surface area contributed by atoms with Crippen molar-refractivity contribution in [3.8, 4) is 0 Å². The maximum absolute atomic E-state index is 13.1. The van der Waals surface area contributed by atoms with E-state index < -0.39 is 97.5 Å². The van der Waals surface area contributed by atoms with E-state index in [1.807, 2.05) is 12.2 Å². The van der Waals surface area contributed by atoms with Crippen LogP contribution in [0.15, 0.2) is 134 Å². The summed E-state index contributed by atoms with van der Waals surface area (Å²) in [6.45, 7) is 4.43. The number of allylic oxidation sites excluding steroid dienone is 21. The molecule has 0 fully saturated rings. The van der Waals surface area contributed by atoms with Gasteiger partial charge in [0.15, 0.2) is 12.2 Å². The van der Waals surface area contributed by atoms with Crippen LogP contribution in [-0.2, 0) is 65.4 Å². The lowest BCUT2D eigenvalue weighted by atomic mass is 10.0. The first-order valence-electron chi connectivity index (χ1n) is 37.4. The lowest BCUT2D eigenvalue weighted by Crippen LogP contribution is -2.30. The zero-order chi connectivity index (χ0) is 71.8. The normalized spacial score (nSPS) is 14.7. The highest BCUT2D eigenvalue weighted by atomic mass is 31.2. The maximum Gasteiger partial charge on any atom is 0.472 e. The van der Waals surface area contributed by atoms with Crippen molar-refractivity contribution in [3.63, 3.8) is 0 Å². The fraction of sp³-hybridized carbons (Fsp3) is 0.671. The first kappa shape index (κ1) is 93.2. The Morgan fingerprint density at radius 3 is 0.959 bits per heavy atom. The third-order valence-electron chi connectivity index (χ3n) is 15.1. The molecule has 0 aromatic rings. The molecular formula is C79H132O17P2. The first-order chi connectivity index (χ1) is 47.7. The summed E-state index contributed by atoms with van der Waals surface area (Å²) in [7, 11) is -9.99. The molecule has 560 valence electrons. The number of hydrogen-bond donors (Lipinski definition) is 3. The molecule has 0 aliphatic rings. The first-order valence-corrected chi connectivity index (χ1v) is 40.4. The van der Waals surface area contributed by atoms with Crippen molar-refractivity contribution in [2.45, 2.75) is 303 Å². The number of ether oxygens (including phenoxy) is 4. The predicted molar refractivity (Wildman–Crippen MR) is 399 cm³/mol. The summed E-state index contributed by atoms with van der Waals surface area (Å²) in [5.41, 5.74) is 0. The van der Waals surface area contributed by atoms with Crippen molar-refractivity contribution >= 4 is 39.5 Å². The molecule has 98 heavy (non-hydrogen) atoms. The number of rotatable bonds is 69. The number of hydrogen-bond acceptors (Lipinski definition) is 15. The Kier molecular flexibility index (Phi) is 67.2. The number of aliphatic hydroxyl groups is 1. The van der Waals surface area contributed by atoms with Crippen LogP contribution in [-0.4, -0.2) is 96.7 Å². The topological polar surface area (TPSA) is 237 Å². The molecule has 0 saturated heterocycles. The molecule has 5 atom stereocenters. The molecule has 17 nitrogen and oxygen atoms in total. The van der Waals surface area contributed by atoms with Gasteiger partial charge in [0.2, 0.25) is 0 Å². The molecule has 0 bridgehead atoms. The smallest absolute Gasteiger partial charge is 0.462 e. The molecule has 0 aliphatic heterocycles. The standard InChI is InChI=1S/C79H132O17P2/c1-5-9-13-17-21-25-29-32-34-35-36-37-39-41-45-48-52-56-60-64-77(82)90-70-75(96-79(84)66-62-58-54-50-46-42-38-33-30-26-22-18-14-10-6-2)72-94-98(87,88)92-68-73(80)67-91-97(85,86)93-71-74(95-78(83)65-61-57-53-49-43-28-24-20-16-12-8-4)69-89-76(81)63-59-55-51-47-44-40-31-27-23-19-15-11-7-3/h9-10,13-14,20-22,24-26,32-34,36-38,41,45-46,50,58,62,73-75,80H,5-8,11-12,15-19,23,27-31,35,39-40,42-44,47-49,51-57,59-61,63-72H2,1-4H3,(H,85,86)(H,87,88)/b13-9-,14-10-,24-20-,25-21-,26-22-,34-32-,37-36-,38-33-,45-41-,50-46-,62-58-. The van der Waals surface area contributed by atoms with Crippen molar-refractivity contribution in [3.05, 3.63) is 134 Å². The van der Waals surface area contributed by atoms with Gasteiger partial charge >= 0.3 is 39.5 Å². The van der Waals surface area contributed by atoms with Crippen molar-refractivity contribution in [2.75, 3.05) is 39.6 Å². The fourth-order valence-corrected chi connectivity index (χ4v) is 11.1. The molecule has 3 N–H and O–H groups in total. The SMILES string of the molecule is CC/C=C\C/C=C\C/C=C\C/C=C\C/C=C\CCCCCC(=O)OCC(COP(=O)(O)OCC(O)COP(=O)(O)OCC(COC(=O)CCCCCCCCCCCCCCC)OC(=O)CCCCCCC/C=C\CCCC)OC(=O)C/C=C\C/C=C\C/C=C\C/C=C\C/C=C\CC. The third kappa shape index (κ3) is 69.7. The van der Waals surface area contributed by atoms with Gasteiger partial charge in [0, 0.05) is 19.3 Å². The molecule has 19 heteroatoms. The number of carbonyl (C=O) groups is 4. The number of carbonyl (C=O) groups excluding carboxylic acids is 4. The number of esters is 4. The summed E-state index contributed by atoms with van der Waals surface area (Å²) in [6, 6.07) is 0. The van der Waals surface area contributed by atoms with E-state index in [0.717, 1.165) is 135 Å². The van der Waals surface area contributed by atoms with Gasteiger partial charge in [-0.05, 0) is 116 Å². The van der Waals surface area contributed by atoms with Crippen LogP contribution in [0.25, 0.3) is 0 Å². The van der Waals surface area contributed by atoms with Crippen molar-refractivity contribution in [1.82, 2.24) is 0 Å². The highest BCUT2D eigenvalue weighted by Crippen LogP contribution is 2.45. The minimum absolute atomic E-state index is 0.0810. The van der Waals surface area contributed by atoms with Gasteiger partial charge in [-0.25, -0.2) is 9.13 Å². The van der Waals surface area contributed by atoms with E-state index in [4.69, 9.17) is 37.0 Å². The minimum atomic E-state index is -5.01. The van der Waals surface area contributed by atoms with Crippen LogP contribution < -0.4 is 0 Å².